The number of fused-ring (bicyclic) bond motifs is 1. The first-order chi connectivity index (χ1) is 12.6. The SMILES string of the molecule is O=C(CSc1nc2c(cnn2-c2cccc(Cl)c2)c(=O)[nH]1)c1ccc[nH]1. The highest BCUT2D eigenvalue weighted by molar-refractivity contribution is 7.99. The first-order valence-electron chi connectivity index (χ1n) is 7.65. The summed E-state index contributed by atoms with van der Waals surface area (Å²) in [5, 5.41) is 5.52. The number of hydrogen-bond acceptors (Lipinski definition) is 5. The molecular formula is C17H12ClN5O2S. The summed E-state index contributed by atoms with van der Waals surface area (Å²) in [5.41, 5.74) is 1.32. The van der Waals surface area contributed by atoms with Gasteiger partial charge in [0.05, 0.1) is 23.3 Å². The van der Waals surface area contributed by atoms with Gasteiger partial charge >= 0.3 is 0 Å². The summed E-state index contributed by atoms with van der Waals surface area (Å²) in [4.78, 5) is 34.4. The summed E-state index contributed by atoms with van der Waals surface area (Å²) in [6.07, 6.45) is 3.15. The Labute approximate surface area is 156 Å². The van der Waals surface area contributed by atoms with E-state index in [0.29, 0.717) is 32.6 Å². The molecule has 7 nitrogen and oxygen atoms in total. The highest BCUT2D eigenvalue weighted by Crippen LogP contribution is 2.20. The lowest BCUT2D eigenvalue weighted by Gasteiger charge is -2.04. The van der Waals surface area contributed by atoms with Gasteiger partial charge in [0.15, 0.2) is 16.6 Å². The Kier molecular flexibility index (Phi) is 4.36. The first-order valence-corrected chi connectivity index (χ1v) is 9.01. The number of nitrogens with zero attached hydrogens (tertiary/aromatic N) is 3. The summed E-state index contributed by atoms with van der Waals surface area (Å²) in [7, 11) is 0. The first kappa shape index (κ1) is 16.6. The Morgan fingerprint density at radius 3 is 2.92 bits per heavy atom. The third-order valence-electron chi connectivity index (χ3n) is 3.71. The summed E-state index contributed by atoms with van der Waals surface area (Å²) in [5.74, 6) is 0.0753. The maximum absolute atomic E-state index is 12.3. The molecule has 0 amide bonds. The molecule has 2 N–H and O–H groups in total. The van der Waals surface area contributed by atoms with Gasteiger partial charge in [-0.3, -0.25) is 9.59 Å². The molecule has 0 aliphatic carbocycles. The minimum Gasteiger partial charge on any atom is -0.359 e. The number of carbonyl (C=O) groups excluding carboxylic acids is 1. The monoisotopic (exact) mass is 385 g/mol. The Hall–Kier alpha value is -2.84. The summed E-state index contributed by atoms with van der Waals surface area (Å²) in [6, 6.07) is 10.6. The second-order valence-electron chi connectivity index (χ2n) is 5.44. The van der Waals surface area contributed by atoms with E-state index in [-0.39, 0.29) is 17.1 Å². The van der Waals surface area contributed by atoms with E-state index in [4.69, 9.17) is 11.6 Å². The van der Waals surface area contributed by atoms with Crippen molar-refractivity contribution in [2.24, 2.45) is 0 Å². The average Bonchev–Trinajstić information content (AvgIpc) is 3.29. The Morgan fingerprint density at radius 2 is 2.15 bits per heavy atom. The van der Waals surface area contributed by atoms with Crippen molar-refractivity contribution in [2.75, 3.05) is 5.75 Å². The fourth-order valence-corrected chi connectivity index (χ4v) is 3.40. The quantitative estimate of drug-likeness (QED) is 0.312. The fourth-order valence-electron chi connectivity index (χ4n) is 2.48. The summed E-state index contributed by atoms with van der Waals surface area (Å²) in [6.45, 7) is 0. The van der Waals surface area contributed by atoms with Crippen molar-refractivity contribution in [3.05, 3.63) is 69.9 Å². The fraction of sp³-hybridized carbons (Fsp3) is 0.0588. The number of ketones is 1. The van der Waals surface area contributed by atoms with Crippen LogP contribution in [0.3, 0.4) is 0 Å². The van der Waals surface area contributed by atoms with Crippen LogP contribution in [0, 0.1) is 0 Å². The van der Waals surface area contributed by atoms with Gasteiger partial charge in [0.1, 0.15) is 5.39 Å². The number of hydrogen-bond donors (Lipinski definition) is 2. The maximum atomic E-state index is 12.3. The van der Waals surface area contributed by atoms with E-state index in [0.717, 1.165) is 11.8 Å². The number of thioether (sulfide) groups is 1. The number of Topliss-reactive ketones (excluding diaryl/α,β-unsaturated/α-hetero) is 1. The minimum absolute atomic E-state index is 0.0777. The van der Waals surface area contributed by atoms with Crippen LogP contribution >= 0.6 is 23.4 Å². The molecule has 0 radical (unpaired) electrons. The normalized spacial score (nSPS) is 11.1. The van der Waals surface area contributed by atoms with Crippen LogP contribution in [0.4, 0.5) is 0 Å². The number of benzene rings is 1. The van der Waals surface area contributed by atoms with Crippen LogP contribution in [0.2, 0.25) is 5.02 Å². The summed E-state index contributed by atoms with van der Waals surface area (Å²) < 4.78 is 1.55. The van der Waals surface area contributed by atoms with E-state index in [9.17, 15) is 9.59 Å². The van der Waals surface area contributed by atoms with Crippen molar-refractivity contribution in [3.8, 4) is 5.69 Å². The minimum atomic E-state index is -0.307. The molecule has 9 heteroatoms. The second-order valence-corrected chi connectivity index (χ2v) is 6.84. The van der Waals surface area contributed by atoms with Crippen LogP contribution < -0.4 is 5.56 Å². The van der Waals surface area contributed by atoms with Crippen molar-refractivity contribution < 1.29 is 4.79 Å². The van der Waals surface area contributed by atoms with Gasteiger partial charge < -0.3 is 9.97 Å². The maximum Gasteiger partial charge on any atom is 0.262 e. The summed E-state index contributed by atoms with van der Waals surface area (Å²) >= 11 is 7.20. The molecule has 0 saturated carbocycles. The van der Waals surface area contributed by atoms with Gasteiger partial charge in [0.25, 0.3) is 5.56 Å². The molecule has 0 spiro atoms. The molecule has 26 heavy (non-hydrogen) atoms. The van der Waals surface area contributed by atoms with Gasteiger partial charge in [-0.05, 0) is 30.3 Å². The molecule has 1 aromatic carbocycles. The molecule has 0 atom stereocenters. The average molecular weight is 386 g/mol. The van der Waals surface area contributed by atoms with E-state index < -0.39 is 0 Å². The van der Waals surface area contributed by atoms with Crippen molar-refractivity contribution >= 4 is 40.2 Å². The van der Waals surface area contributed by atoms with E-state index in [1.165, 1.54) is 6.20 Å². The Morgan fingerprint density at radius 1 is 1.27 bits per heavy atom. The van der Waals surface area contributed by atoms with Gasteiger partial charge in [-0.1, -0.05) is 29.4 Å². The molecule has 0 aliphatic rings. The topological polar surface area (TPSA) is 96.4 Å². The lowest BCUT2D eigenvalue weighted by molar-refractivity contribution is 0.101. The van der Waals surface area contributed by atoms with Gasteiger partial charge in [0.2, 0.25) is 0 Å². The molecule has 0 unspecified atom stereocenters. The van der Waals surface area contributed by atoms with E-state index in [1.54, 1.807) is 41.2 Å². The van der Waals surface area contributed by atoms with Crippen LogP contribution in [0.15, 0.2) is 58.7 Å². The zero-order valence-electron chi connectivity index (χ0n) is 13.3. The Bertz CT molecular complexity index is 1150. The Balaban J connectivity index is 1.68. The smallest absolute Gasteiger partial charge is 0.262 e. The zero-order valence-corrected chi connectivity index (χ0v) is 14.8. The van der Waals surface area contributed by atoms with Crippen LogP contribution in [-0.4, -0.2) is 36.3 Å². The van der Waals surface area contributed by atoms with Gasteiger partial charge in [-0.15, -0.1) is 0 Å². The number of nitrogens with one attached hydrogen (secondary N) is 2. The van der Waals surface area contributed by atoms with Gasteiger partial charge in [-0.2, -0.15) is 5.10 Å². The molecule has 0 aliphatic heterocycles. The van der Waals surface area contributed by atoms with Crippen molar-refractivity contribution in [3.63, 3.8) is 0 Å². The highest BCUT2D eigenvalue weighted by Gasteiger charge is 2.14. The van der Waals surface area contributed by atoms with Crippen LogP contribution in [0.1, 0.15) is 10.5 Å². The third kappa shape index (κ3) is 3.16. The number of halogens is 1. The van der Waals surface area contributed by atoms with Crippen molar-refractivity contribution in [1.29, 1.82) is 0 Å². The van der Waals surface area contributed by atoms with E-state index >= 15 is 0 Å². The molecular weight excluding hydrogens is 374 g/mol. The van der Waals surface area contributed by atoms with E-state index in [2.05, 4.69) is 20.1 Å². The molecule has 130 valence electrons. The highest BCUT2D eigenvalue weighted by atomic mass is 35.5. The van der Waals surface area contributed by atoms with Crippen LogP contribution in [0.5, 0.6) is 0 Å². The van der Waals surface area contributed by atoms with Crippen LogP contribution in [-0.2, 0) is 0 Å². The van der Waals surface area contributed by atoms with Crippen molar-refractivity contribution in [1.82, 2.24) is 24.7 Å². The molecule has 0 bridgehead atoms. The molecule has 4 aromatic rings. The number of H-pyrrole nitrogens is 2. The molecule has 4 rings (SSSR count). The molecule has 3 heterocycles. The van der Waals surface area contributed by atoms with E-state index in [1.807, 2.05) is 6.07 Å². The number of aromatic nitrogens is 5. The zero-order chi connectivity index (χ0) is 18.1. The molecule has 0 saturated heterocycles. The van der Waals surface area contributed by atoms with Crippen molar-refractivity contribution in [2.45, 2.75) is 5.16 Å². The third-order valence-corrected chi connectivity index (χ3v) is 4.82. The largest absolute Gasteiger partial charge is 0.359 e. The number of carbonyl (C=O) groups is 1. The standard InChI is InChI=1S/C17H12ClN5O2S/c18-10-3-1-4-11(7-10)23-15-12(8-20-23)16(25)22-17(21-15)26-9-14(24)13-5-2-6-19-13/h1-8,19H,9H2,(H,21,22,25). The lowest BCUT2D eigenvalue weighted by Crippen LogP contribution is -2.11. The predicted molar refractivity (Wildman–Crippen MR) is 100 cm³/mol. The number of aromatic amines is 2. The van der Waals surface area contributed by atoms with Gasteiger partial charge in [-0.25, -0.2) is 9.67 Å². The lowest BCUT2D eigenvalue weighted by atomic mass is 10.3. The van der Waals surface area contributed by atoms with Crippen LogP contribution in [0.25, 0.3) is 16.7 Å². The van der Waals surface area contributed by atoms with Gasteiger partial charge in [0, 0.05) is 11.2 Å². The second kappa shape index (κ2) is 6.81. The molecule has 0 fully saturated rings. The predicted octanol–water partition coefficient (Wildman–Crippen LogP) is 3.07. The molecule has 3 aromatic heterocycles. The number of rotatable bonds is 5.